The van der Waals surface area contributed by atoms with Crippen LogP contribution in [0.15, 0.2) is 30.3 Å². The average Bonchev–Trinajstić information content (AvgIpc) is 2.93. The topological polar surface area (TPSA) is 38.7 Å². The molecule has 0 spiro atoms. The highest BCUT2D eigenvalue weighted by Gasteiger charge is 2.15. The van der Waals surface area contributed by atoms with E-state index in [9.17, 15) is 5.11 Å². The number of hydrogen-bond donors (Lipinski definition) is 1. The molecule has 3 nitrogen and oxygen atoms in total. The van der Waals surface area contributed by atoms with Crippen LogP contribution in [-0.4, -0.2) is 42.0 Å². The summed E-state index contributed by atoms with van der Waals surface area (Å²) in [6, 6.07) is 10.0. The highest BCUT2D eigenvalue weighted by atomic mass is 32.2. The molecule has 1 aliphatic heterocycles. The van der Waals surface area contributed by atoms with E-state index in [4.69, 9.17) is 9.47 Å². The van der Waals surface area contributed by atoms with Gasteiger partial charge < -0.3 is 14.6 Å². The van der Waals surface area contributed by atoms with Crippen molar-refractivity contribution in [3.63, 3.8) is 0 Å². The zero-order valence-electron chi connectivity index (χ0n) is 11.2. The van der Waals surface area contributed by atoms with Crippen molar-refractivity contribution in [3.8, 4) is 0 Å². The molecular weight excluding hydrogens is 260 g/mol. The zero-order valence-corrected chi connectivity index (χ0v) is 12.0. The van der Waals surface area contributed by atoms with E-state index < -0.39 is 6.10 Å². The van der Waals surface area contributed by atoms with E-state index in [1.807, 2.05) is 30.3 Å². The fourth-order valence-electron chi connectivity index (χ4n) is 2.05. The SMILES string of the molecule is OC(COCc1ccccc1)CSCC1CCCO1. The van der Waals surface area contributed by atoms with E-state index in [-0.39, 0.29) is 0 Å². The van der Waals surface area contributed by atoms with Gasteiger partial charge in [0.1, 0.15) is 0 Å². The molecule has 1 aliphatic rings. The summed E-state index contributed by atoms with van der Waals surface area (Å²) in [6.45, 7) is 1.86. The van der Waals surface area contributed by atoms with E-state index in [0.29, 0.717) is 25.1 Å². The Morgan fingerprint density at radius 3 is 2.95 bits per heavy atom. The first kappa shape index (κ1) is 14.9. The predicted octanol–water partition coefficient (Wildman–Crippen LogP) is 2.48. The van der Waals surface area contributed by atoms with Gasteiger partial charge in [-0.25, -0.2) is 0 Å². The van der Waals surface area contributed by atoms with Crippen molar-refractivity contribution in [2.45, 2.75) is 31.7 Å². The van der Waals surface area contributed by atoms with Gasteiger partial charge in [-0.3, -0.25) is 0 Å². The van der Waals surface area contributed by atoms with Gasteiger partial charge in [-0.15, -0.1) is 0 Å². The highest BCUT2D eigenvalue weighted by Crippen LogP contribution is 2.17. The van der Waals surface area contributed by atoms with E-state index in [1.54, 1.807) is 11.8 Å². The molecular formula is C15H22O3S. The fourth-order valence-corrected chi connectivity index (χ4v) is 3.08. The Kier molecular flexibility index (Phi) is 6.71. The molecule has 1 N–H and O–H groups in total. The Balaban J connectivity index is 1.51. The molecule has 1 heterocycles. The van der Waals surface area contributed by atoms with E-state index >= 15 is 0 Å². The van der Waals surface area contributed by atoms with Crippen LogP contribution in [0.2, 0.25) is 0 Å². The molecule has 2 atom stereocenters. The Bertz CT molecular complexity index is 339. The maximum absolute atomic E-state index is 9.81. The second-order valence-electron chi connectivity index (χ2n) is 4.83. The lowest BCUT2D eigenvalue weighted by Crippen LogP contribution is -2.19. The molecule has 106 valence electrons. The second kappa shape index (κ2) is 8.59. The van der Waals surface area contributed by atoms with Gasteiger partial charge in [0, 0.05) is 18.1 Å². The van der Waals surface area contributed by atoms with Gasteiger partial charge in [0.15, 0.2) is 0 Å². The zero-order chi connectivity index (χ0) is 13.3. The van der Waals surface area contributed by atoms with Crippen molar-refractivity contribution >= 4 is 11.8 Å². The summed E-state index contributed by atoms with van der Waals surface area (Å²) in [5.74, 6) is 1.70. The molecule has 0 amide bonds. The third kappa shape index (κ3) is 5.95. The lowest BCUT2D eigenvalue weighted by Gasteiger charge is -2.13. The van der Waals surface area contributed by atoms with Gasteiger partial charge in [0.2, 0.25) is 0 Å². The summed E-state index contributed by atoms with van der Waals surface area (Å²) in [4.78, 5) is 0. The quantitative estimate of drug-likeness (QED) is 0.795. The van der Waals surface area contributed by atoms with Gasteiger partial charge in [-0.1, -0.05) is 30.3 Å². The summed E-state index contributed by atoms with van der Waals surface area (Å²) in [5, 5.41) is 9.81. The maximum atomic E-state index is 9.81. The van der Waals surface area contributed by atoms with Crippen LogP contribution in [0.3, 0.4) is 0 Å². The minimum atomic E-state index is -0.393. The van der Waals surface area contributed by atoms with E-state index in [1.165, 1.54) is 6.42 Å². The van der Waals surface area contributed by atoms with Crippen LogP contribution in [0, 0.1) is 0 Å². The van der Waals surface area contributed by atoms with Gasteiger partial charge in [0.05, 0.1) is 25.4 Å². The molecule has 1 fully saturated rings. The van der Waals surface area contributed by atoms with E-state index in [2.05, 4.69) is 0 Å². The first-order valence-corrected chi connectivity index (χ1v) is 7.99. The van der Waals surface area contributed by atoms with Gasteiger partial charge in [-0.2, -0.15) is 11.8 Å². The van der Waals surface area contributed by atoms with Crippen molar-refractivity contribution < 1.29 is 14.6 Å². The van der Waals surface area contributed by atoms with Crippen LogP contribution in [0.1, 0.15) is 18.4 Å². The Hall–Kier alpha value is -0.550. The number of rotatable bonds is 8. The van der Waals surface area contributed by atoms with Crippen LogP contribution < -0.4 is 0 Å². The van der Waals surface area contributed by atoms with Crippen LogP contribution in [0.5, 0.6) is 0 Å². The largest absolute Gasteiger partial charge is 0.390 e. The molecule has 19 heavy (non-hydrogen) atoms. The standard InChI is InChI=1S/C15H22O3S/c16-14(11-19-12-15-7-4-8-18-15)10-17-9-13-5-2-1-3-6-13/h1-3,5-6,14-16H,4,7-12H2. The van der Waals surface area contributed by atoms with Crippen molar-refractivity contribution in [1.82, 2.24) is 0 Å². The van der Waals surface area contributed by atoms with Crippen molar-refractivity contribution in [3.05, 3.63) is 35.9 Å². The van der Waals surface area contributed by atoms with Gasteiger partial charge in [0.25, 0.3) is 0 Å². The highest BCUT2D eigenvalue weighted by molar-refractivity contribution is 7.99. The summed E-state index contributed by atoms with van der Waals surface area (Å²) < 4.78 is 11.0. The molecule has 1 aromatic rings. The Morgan fingerprint density at radius 1 is 1.37 bits per heavy atom. The molecule has 1 aromatic carbocycles. The van der Waals surface area contributed by atoms with Crippen LogP contribution in [0.4, 0.5) is 0 Å². The summed E-state index contributed by atoms with van der Waals surface area (Å²) >= 11 is 1.75. The van der Waals surface area contributed by atoms with Gasteiger partial charge in [-0.05, 0) is 18.4 Å². The Labute approximate surface area is 119 Å². The maximum Gasteiger partial charge on any atom is 0.0863 e. The number of aliphatic hydroxyl groups is 1. The number of ether oxygens (including phenoxy) is 2. The predicted molar refractivity (Wildman–Crippen MR) is 78.4 cm³/mol. The molecule has 0 saturated carbocycles. The first-order valence-electron chi connectivity index (χ1n) is 6.83. The lowest BCUT2D eigenvalue weighted by atomic mass is 10.2. The second-order valence-corrected chi connectivity index (χ2v) is 5.90. The van der Waals surface area contributed by atoms with Crippen molar-refractivity contribution in [2.24, 2.45) is 0 Å². The Morgan fingerprint density at radius 2 is 2.21 bits per heavy atom. The molecule has 2 rings (SSSR count). The molecule has 4 heteroatoms. The summed E-state index contributed by atoms with van der Waals surface area (Å²) in [7, 11) is 0. The first-order chi connectivity index (χ1) is 9.34. The normalized spacial score (nSPS) is 20.6. The molecule has 2 unspecified atom stereocenters. The summed E-state index contributed by atoms with van der Waals surface area (Å²) in [5.41, 5.74) is 1.14. The number of benzene rings is 1. The molecule has 0 aromatic heterocycles. The van der Waals surface area contributed by atoms with E-state index in [0.717, 1.165) is 24.3 Å². The average molecular weight is 282 g/mol. The molecule has 1 saturated heterocycles. The third-order valence-corrected chi connectivity index (χ3v) is 4.29. The molecule has 0 aliphatic carbocycles. The molecule has 0 radical (unpaired) electrons. The molecule has 0 bridgehead atoms. The monoisotopic (exact) mass is 282 g/mol. The van der Waals surface area contributed by atoms with Crippen molar-refractivity contribution in [1.29, 1.82) is 0 Å². The van der Waals surface area contributed by atoms with Crippen LogP contribution in [0.25, 0.3) is 0 Å². The number of hydrogen-bond acceptors (Lipinski definition) is 4. The lowest BCUT2D eigenvalue weighted by molar-refractivity contribution is 0.0397. The minimum Gasteiger partial charge on any atom is -0.390 e. The van der Waals surface area contributed by atoms with Gasteiger partial charge >= 0.3 is 0 Å². The van der Waals surface area contributed by atoms with Crippen LogP contribution >= 0.6 is 11.8 Å². The fraction of sp³-hybridized carbons (Fsp3) is 0.600. The number of aliphatic hydroxyl groups excluding tert-OH is 1. The van der Waals surface area contributed by atoms with Crippen molar-refractivity contribution in [2.75, 3.05) is 24.7 Å². The third-order valence-electron chi connectivity index (χ3n) is 3.06. The minimum absolute atomic E-state index is 0.391. The van der Waals surface area contributed by atoms with Crippen LogP contribution in [-0.2, 0) is 16.1 Å². The number of thioether (sulfide) groups is 1. The summed E-state index contributed by atoms with van der Waals surface area (Å²) in [6.07, 6.45) is 2.33. The smallest absolute Gasteiger partial charge is 0.0863 e.